The quantitative estimate of drug-likeness (QED) is 0.302. The standard InChI is InChI=1S/C22H31NO9/c1-6-7-10-28-22(27)30-14(3)13(2)29-21(26)18(23)11-17-8-9-19(31-15(4)24)20(12-17)32-16(5)25/h8-9,12-14,18H,6-7,10-11,23H2,1-5H3/t13-,14-,18-/m0/s1. The van der Waals surface area contributed by atoms with Crippen LogP contribution in [0, 0.1) is 0 Å². The summed E-state index contributed by atoms with van der Waals surface area (Å²) in [6, 6.07) is 3.44. The largest absolute Gasteiger partial charge is 0.508 e. The fourth-order valence-corrected chi connectivity index (χ4v) is 2.44. The molecule has 0 amide bonds. The number of carbonyl (C=O) groups is 4. The van der Waals surface area contributed by atoms with E-state index < -0.39 is 42.3 Å². The lowest BCUT2D eigenvalue weighted by Gasteiger charge is -2.22. The number of hydrogen-bond acceptors (Lipinski definition) is 10. The van der Waals surface area contributed by atoms with Gasteiger partial charge in [0.15, 0.2) is 11.5 Å². The molecule has 32 heavy (non-hydrogen) atoms. The van der Waals surface area contributed by atoms with E-state index >= 15 is 0 Å². The Bertz CT molecular complexity index is 809. The first-order valence-corrected chi connectivity index (χ1v) is 10.3. The van der Waals surface area contributed by atoms with Gasteiger partial charge < -0.3 is 29.4 Å². The Morgan fingerprint density at radius 3 is 2.12 bits per heavy atom. The van der Waals surface area contributed by atoms with Crippen LogP contribution >= 0.6 is 0 Å². The van der Waals surface area contributed by atoms with Crippen LogP contribution in [0.3, 0.4) is 0 Å². The van der Waals surface area contributed by atoms with E-state index in [9.17, 15) is 19.2 Å². The zero-order valence-corrected chi connectivity index (χ0v) is 19.0. The molecule has 0 aromatic heterocycles. The Morgan fingerprint density at radius 2 is 1.53 bits per heavy atom. The zero-order valence-electron chi connectivity index (χ0n) is 19.0. The Labute approximate surface area is 187 Å². The van der Waals surface area contributed by atoms with Crippen molar-refractivity contribution in [3.8, 4) is 11.5 Å². The molecule has 0 saturated carbocycles. The molecule has 0 aliphatic heterocycles. The van der Waals surface area contributed by atoms with Gasteiger partial charge in [0.25, 0.3) is 0 Å². The molecule has 1 aromatic rings. The molecule has 0 radical (unpaired) electrons. The maximum absolute atomic E-state index is 12.4. The van der Waals surface area contributed by atoms with Crippen LogP contribution in [0.2, 0.25) is 0 Å². The molecule has 3 atom stereocenters. The number of unbranched alkanes of at least 4 members (excludes halogenated alkanes) is 1. The number of rotatable bonds is 11. The van der Waals surface area contributed by atoms with Gasteiger partial charge in [0.2, 0.25) is 0 Å². The lowest BCUT2D eigenvalue weighted by molar-refractivity contribution is -0.155. The Kier molecular flexibility index (Phi) is 11.2. The minimum Gasteiger partial charge on any atom is -0.458 e. The van der Waals surface area contributed by atoms with E-state index in [0.717, 1.165) is 12.8 Å². The van der Waals surface area contributed by atoms with Crippen LogP contribution < -0.4 is 15.2 Å². The molecular weight excluding hydrogens is 422 g/mol. The van der Waals surface area contributed by atoms with Crippen LogP contribution in [0.4, 0.5) is 4.79 Å². The van der Waals surface area contributed by atoms with Gasteiger partial charge in [0, 0.05) is 13.8 Å². The van der Waals surface area contributed by atoms with Crippen LogP contribution in [-0.4, -0.2) is 48.9 Å². The fourth-order valence-electron chi connectivity index (χ4n) is 2.44. The summed E-state index contributed by atoms with van der Waals surface area (Å²) < 4.78 is 25.4. The molecular formula is C22H31NO9. The highest BCUT2D eigenvalue weighted by Crippen LogP contribution is 2.29. The highest BCUT2D eigenvalue weighted by Gasteiger charge is 2.25. The average Bonchev–Trinajstić information content (AvgIpc) is 2.69. The second kappa shape index (κ2) is 13.3. The van der Waals surface area contributed by atoms with Crippen molar-refractivity contribution in [1.82, 2.24) is 0 Å². The maximum atomic E-state index is 12.4. The summed E-state index contributed by atoms with van der Waals surface area (Å²) in [5.74, 6) is -1.78. The summed E-state index contributed by atoms with van der Waals surface area (Å²) in [7, 11) is 0. The summed E-state index contributed by atoms with van der Waals surface area (Å²) in [5, 5.41) is 0. The van der Waals surface area contributed by atoms with Crippen molar-refractivity contribution in [2.24, 2.45) is 5.73 Å². The highest BCUT2D eigenvalue weighted by atomic mass is 16.7. The van der Waals surface area contributed by atoms with Gasteiger partial charge in [-0.25, -0.2) is 4.79 Å². The van der Waals surface area contributed by atoms with Crippen LogP contribution in [0.5, 0.6) is 11.5 Å². The molecule has 0 spiro atoms. The third-order valence-electron chi connectivity index (χ3n) is 4.24. The zero-order chi connectivity index (χ0) is 24.3. The minimum atomic E-state index is -1.04. The highest BCUT2D eigenvalue weighted by molar-refractivity contribution is 5.76. The molecule has 1 rings (SSSR count). The van der Waals surface area contributed by atoms with Gasteiger partial charge in [-0.3, -0.25) is 14.4 Å². The van der Waals surface area contributed by atoms with Gasteiger partial charge in [0.05, 0.1) is 6.61 Å². The molecule has 0 heterocycles. The average molecular weight is 453 g/mol. The first-order chi connectivity index (χ1) is 15.0. The number of ether oxygens (including phenoxy) is 5. The van der Waals surface area contributed by atoms with E-state index in [-0.39, 0.29) is 24.5 Å². The first kappa shape index (κ1) is 26.9. The maximum Gasteiger partial charge on any atom is 0.508 e. The lowest BCUT2D eigenvalue weighted by atomic mass is 10.1. The molecule has 2 N–H and O–H groups in total. The predicted molar refractivity (Wildman–Crippen MR) is 113 cm³/mol. The van der Waals surface area contributed by atoms with Crippen LogP contribution in [0.25, 0.3) is 0 Å². The predicted octanol–water partition coefficient (Wildman–Crippen LogP) is 2.68. The Hall–Kier alpha value is -3.14. The first-order valence-electron chi connectivity index (χ1n) is 10.3. The molecule has 0 saturated heterocycles. The van der Waals surface area contributed by atoms with Crippen molar-refractivity contribution in [3.05, 3.63) is 23.8 Å². The van der Waals surface area contributed by atoms with Crippen LogP contribution in [0.1, 0.15) is 53.0 Å². The van der Waals surface area contributed by atoms with E-state index in [0.29, 0.717) is 5.56 Å². The second-order valence-corrected chi connectivity index (χ2v) is 7.20. The minimum absolute atomic E-state index is 0.0303. The Morgan fingerprint density at radius 1 is 0.938 bits per heavy atom. The molecule has 0 aliphatic carbocycles. The van der Waals surface area contributed by atoms with E-state index in [1.54, 1.807) is 19.9 Å². The van der Waals surface area contributed by atoms with Gasteiger partial charge in [-0.2, -0.15) is 0 Å². The number of esters is 3. The van der Waals surface area contributed by atoms with Crippen molar-refractivity contribution >= 4 is 24.1 Å². The number of carbonyl (C=O) groups excluding carboxylic acids is 4. The van der Waals surface area contributed by atoms with Gasteiger partial charge in [-0.1, -0.05) is 19.4 Å². The Balaban J connectivity index is 2.69. The van der Waals surface area contributed by atoms with E-state index in [4.69, 9.17) is 29.4 Å². The van der Waals surface area contributed by atoms with Crippen molar-refractivity contribution < 1.29 is 42.9 Å². The molecule has 1 aromatic carbocycles. The fraction of sp³-hybridized carbons (Fsp3) is 0.545. The summed E-state index contributed by atoms with van der Waals surface area (Å²) in [6.45, 7) is 7.79. The van der Waals surface area contributed by atoms with Crippen molar-refractivity contribution in [2.75, 3.05) is 6.61 Å². The topological polar surface area (TPSA) is 140 Å². The van der Waals surface area contributed by atoms with Crippen LogP contribution in [0.15, 0.2) is 18.2 Å². The third kappa shape index (κ3) is 9.78. The van der Waals surface area contributed by atoms with Crippen molar-refractivity contribution in [3.63, 3.8) is 0 Å². The van der Waals surface area contributed by atoms with E-state index in [1.165, 1.54) is 26.0 Å². The normalized spacial score (nSPS) is 13.3. The molecule has 10 nitrogen and oxygen atoms in total. The number of hydrogen-bond donors (Lipinski definition) is 1. The van der Waals surface area contributed by atoms with Gasteiger partial charge >= 0.3 is 24.1 Å². The van der Waals surface area contributed by atoms with E-state index in [2.05, 4.69) is 0 Å². The lowest BCUT2D eigenvalue weighted by Crippen LogP contribution is -2.39. The van der Waals surface area contributed by atoms with Crippen molar-refractivity contribution in [1.29, 1.82) is 0 Å². The molecule has 0 aliphatic rings. The molecule has 10 heteroatoms. The molecule has 0 fully saturated rings. The third-order valence-corrected chi connectivity index (χ3v) is 4.24. The van der Waals surface area contributed by atoms with Crippen LogP contribution in [-0.2, 0) is 35.0 Å². The monoisotopic (exact) mass is 453 g/mol. The van der Waals surface area contributed by atoms with Gasteiger partial charge in [0.1, 0.15) is 18.2 Å². The van der Waals surface area contributed by atoms with Gasteiger partial charge in [-0.05, 0) is 44.4 Å². The summed E-state index contributed by atoms with van der Waals surface area (Å²) in [5.41, 5.74) is 6.50. The molecule has 0 unspecified atom stereocenters. The summed E-state index contributed by atoms with van der Waals surface area (Å²) >= 11 is 0. The smallest absolute Gasteiger partial charge is 0.458 e. The van der Waals surface area contributed by atoms with E-state index in [1.807, 2.05) is 6.92 Å². The van der Waals surface area contributed by atoms with Crippen molar-refractivity contribution in [2.45, 2.75) is 72.1 Å². The molecule has 0 bridgehead atoms. The van der Waals surface area contributed by atoms with Gasteiger partial charge in [-0.15, -0.1) is 0 Å². The SMILES string of the molecule is CCCCOC(=O)O[C@@H](C)[C@H](C)OC(=O)[C@@H](N)Cc1ccc(OC(C)=O)c(OC(C)=O)c1. The summed E-state index contributed by atoms with van der Waals surface area (Å²) in [6.07, 6.45) is -0.653. The number of benzene rings is 1. The summed E-state index contributed by atoms with van der Waals surface area (Å²) in [4.78, 5) is 46.5. The number of nitrogens with two attached hydrogens (primary N) is 1. The molecule has 178 valence electrons. The second-order valence-electron chi connectivity index (χ2n) is 7.20.